The van der Waals surface area contributed by atoms with Crippen LogP contribution in [-0.4, -0.2) is 36.9 Å². The first-order chi connectivity index (χ1) is 10.6. The van der Waals surface area contributed by atoms with E-state index in [4.69, 9.17) is 9.84 Å². The number of fused-ring (bicyclic) bond motifs is 1. The summed E-state index contributed by atoms with van der Waals surface area (Å²) in [6, 6.07) is 9.09. The van der Waals surface area contributed by atoms with Gasteiger partial charge in [-0.15, -0.1) is 0 Å². The molecular weight excluding hydrogens is 401 g/mol. The lowest BCUT2D eigenvalue weighted by Crippen LogP contribution is -2.31. The maximum absolute atomic E-state index is 12.1. The molecule has 2 aromatic rings. The Hall–Kier alpha value is -2.23. The van der Waals surface area contributed by atoms with Crippen molar-refractivity contribution in [3.05, 3.63) is 30.3 Å². The summed E-state index contributed by atoms with van der Waals surface area (Å²) in [6.07, 6.45) is 0. The highest BCUT2D eigenvalue weighted by atomic mass is 127. The largest absolute Gasteiger partial charge is 0.494 e. The van der Waals surface area contributed by atoms with Crippen molar-refractivity contribution in [1.82, 2.24) is 9.78 Å². The molecular formula is C14H12IN3O4. The van der Waals surface area contributed by atoms with Crippen molar-refractivity contribution in [3.8, 4) is 17.0 Å². The Balaban J connectivity index is 1.92. The third-order valence-corrected chi connectivity index (χ3v) is 5.26. The molecule has 8 heteroatoms. The van der Waals surface area contributed by atoms with E-state index in [1.54, 1.807) is 6.07 Å². The van der Waals surface area contributed by atoms with Gasteiger partial charge in [0.15, 0.2) is 3.51 Å². The monoisotopic (exact) mass is 413 g/mol. The van der Waals surface area contributed by atoms with Gasteiger partial charge in [-0.2, -0.15) is 9.78 Å². The molecule has 1 aromatic carbocycles. The Morgan fingerprint density at radius 1 is 1.41 bits per heavy atom. The minimum absolute atomic E-state index is 0.118. The number of nitrogens with zero attached hydrogens (tertiary/aromatic N) is 2. The van der Waals surface area contributed by atoms with Gasteiger partial charge in [0.2, 0.25) is 0 Å². The number of carboxylic acids is 1. The number of carboxylic acid groups (broad SMARTS) is 1. The van der Waals surface area contributed by atoms with Crippen LogP contribution in [0.15, 0.2) is 30.3 Å². The fraction of sp³-hybridized carbons (Fsp3) is 0.143. The summed E-state index contributed by atoms with van der Waals surface area (Å²) < 4.78 is 9.36. The quantitative estimate of drug-likeness (QED) is 0.590. The van der Waals surface area contributed by atoms with Gasteiger partial charge in [0.25, 0.3) is 5.91 Å². The summed E-state index contributed by atoms with van der Waals surface area (Å²) >= 11 is -1.05. The second-order valence-corrected chi connectivity index (χ2v) is 6.55. The highest BCUT2D eigenvalue weighted by Gasteiger charge is 2.28. The van der Waals surface area contributed by atoms with E-state index >= 15 is 0 Å². The average molecular weight is 413 g/mol. The average Bonchev–Trinajstić information content (AvgIpc) is 2.93. The number of carbonyl (C=O) groups is 2. The van der Waals surface area contributed by atoms with Crippen LogP contribution in [0.4, 0.5) is 5.82 Å². The van der Waals surface area contributed by atoms with Crippen molar-refractivity contribution < 1.29 is 19.4 Å². The number of aromatic nitrogens is 2. The maximum atomic E-state index is 12.1. The molecule has 2 N–H and O–H groups in total. The van der Waals surface area contributed by atoms with Crippen molar-refractivity contribution in [2.45, 2.75) is 6.92 Å². The van der Waals surface area contributed by atoms with Gasteiger partial charge >= 0.3 is 5.97 Å². The van der Waals surface area contributed by atoms with E-state index in [1.807, 2.05) is 31.2 Å². The molecule has 0 amide bonds. The minimum atomic E-state index is -1.19. The molecule has 0 atom stereocenters. The second-order valence-electron chi connectivity index (χ2n) is 4.40. The number of ether oxygens (including phenoxy) is 1. The second kappa shape index (κ2) is 5.87. The predicted molar refractivity (Wildman–Crippen MR) is 89.7 cm³/mol. The Morgan fingerprint density at radius 2 is 2.14 bits per heavy atom. The number of hydrogen-bond acceptors (Lipinski definition) is 5. The molecule has 3 rings (SSSR count). The van der Waals surface area contributed by atoms with Gasteiger partial charge in [-0.25, -0.2) is 4.79 Å². The van der Waals surface area contributed by atoms with Crippen LogP contribution >= 0.6 is 21.0 Å². The maximum Gasteiger partial charge on any atom is 0.348 e. The zero-order valence-corrected chi connectivity index (χ0v) is 13.7. The lowest BCUT2D eigenvalue weighted by atomic mass is 10.1. The first kappa shape index (κ1) is 14.7. The van der Waals surface area contributed by atoms with Gasteiger partial charge in [0, 0.05) is 32.6 Å². The molecule has 1 aliphatic heterocycles. The van der Waals surface area contributed by atoms with Crippen LogP contribution in [0.1, 0.15) is 11.7 Å². The first-order valence-electron chi connectivity index (χ1n) is 6.48. The van der Waals surface area contributed by atoms with Crippen molar-refractivity contribution in [3.63, 3.8) is 0 Å². The van der Waals surface area contributed by atoms with E-state index in [2.05, 4.69) is 8.63 Å². The molecule has 0 bridgehead atoms. The summed E-state index contributed by atoms with van der Waals surface area (Å²) in [7, 11) is 0. The van der Waals surface area contributed by atoms with Crippen LogP contribution in [0, 0.1) is 0 Å². The molecule has 0 saturated heterocycles. The van der Waals surface area contributed by atoms with Crippen LogP contribution in [0.5, 0.6) is 5.75 Å². The standard InChI is InChI=1S/C14H12IN3O4/c1-2-22-9-5-3-8(4-6-9)10-7-11-16-15-12(14(20)21)13(19)18(11)17-10/h3-7,16H,2H2,1H3,(H,20,21). The molecule has 0 unspecified atom stereocenters. The van der Waals surface area contributed by atoms with Crippen LogP contribution in [0.3, 0.4) is 0 Å². The molecule has 0 radical (unpaired) electrons. The zero-order chi connectivity index (χ0) is 15.7. The third kappa shape index (κ3) is 2.61. The van der Waals surface area contributed by atoms with E-state index < -0.39 is 32.9 Å². The summed E-state index contributed by atoms with van der Waals surface area (Å²) in [5.74, 6) is -0.455. The SMILES string of the molecule is CCOc1ccc(-c2cc3n(n2)C(=O)C(C(=O)O)=IN3)cc1. The zero-order valence-electron chi connectivity index (χ0n) is 11.5. The van der Waals surface area contributed by atoms with Crippen LogP contribution < -0.4 is 8.27 Å². The Morgan fingerprint density at radius 3 is 2.77 bits per heavy atom. The molecule has 114 valence electrons. The fourth-order valence-electron chi connectivity index (χ4n) is 1.99. The Bertz CT molecular complexity index is 780. The molecule has 0 saturated carbocycles. The minimum Gasteiger partial charge on any atom is -0.494 e. The van der Waals surface area contributed by atoms with E-state index in [0.29, 0.717) is 18.1 Å². The summed E-state index contributed by atoms with van der Waals surface area (Å²) in [5.41, 5.74) is 1.43. The lowest BCUT2D eigenvalue weighted by molar-refractivity contribution is -0.128. The molecule has 2 heterocycles. The number of nitrogens with one attached hydrogen (secondary N) is 1. The van der Waals surface area contributed by atoms with Crippen molar-refractivity contribution in [2.24, 2.45) is 0 Å². The molecule has 7 nitrogen and oxygen atoms in total. The fourth-order valence-corrected chi connectivity index (χ4v) is 3.61. The van der Waals surface area contributed by atoms with Crippen LogP contribution in [-0.2, 0) is 4.79 Å². The number of anilines is 1. The predicted octanol–water partition coefficient (Wildman–Crippen LogP) is 2.16. The molecule has 0 spiro atoms. The van der Waals surface area contributed by atoms with Crippen molar-refractivity contribution >= 4 is 42.2 Å². The van der Waals surface area contributed by atoms with Gasteiger partial charge in [0.05, 0.1) is 12.3 Å². The highest BCUT2D eigenvalue weighted by molar-refractivity contribution is 14.2. The number of aliphatic carboxylic acids is 1. The van der Waals surface area contributed by atoms with Gasteiger partial charge in [-0.3, -0.25) is 4.79 Å². The van der Waals surface area contributed by atoms with Crippen molar-refractivity contribution in [1.29, 1.82) is 0 Å². The number of rotatable bonds is 4. The normalized spacial score (nSPS) is 13.5. The van der Waals surface area contributed by atoms with E-state index in [-0.39, 0.29) is 3.51 Å². The topological polar surface area (TPSA) is 93.5 Å². The number of benzene rings is 1. The van der Waals surface area contributed by atoms with E-state index in [9.17, 15) is 9.59 Å². The number of halogens is 1. The number of carbonyl (C=O) groups excluding carboxylic acids is 1. The van der Waals surface area contributed by atoms with Gasteiger partial charge in [0.1, 0.15) is 11.6 Å². The first-order valence-corrected chi connectivity index (χ1v) is 8.64. The van der Waals surface area contributed by atoms with Crippen LogP contribution in [0.2, 0.25) is 0 Å². The molecule has 1 aliphatic rings. The molecule has 0 fully saturated rings. The van der Waals surface area contributed by atoms with Crippen molar-refractivity contribution in [2.75, 3.05) is 10.1 Å². The number of hydrogen-bond donors (Lipinski definition) is 2. The summed E-state index contributed by atoms with van der Waals surface area (Å²) in [5, 5.41) is 13.2. The Labute approximate surface area is 136 Å². The highest BCUT2D eigenvalue weighted by Crippen LogP contribution is 2.28. The summed E-state index contributed by atoms with van der Waals surface area (Å²) in [6.45, 7) is 2.50. The van der Waals surface area contributed by atoms with Gasteiger partial charge < -0.3 is 13.4 Å². The lowest BCUT2D eigenvalue weighted by Gasteiger charge is -2.10. The smallest absolute Gasteiger partial charge is 0.348 e. The summed E-state index contributed by atoms with van der Waals surface area (Å²) in [4.78, 5) is 23.1. The van der Waals surface area contributed by atoms with Gasteiger partial charge in [-0.05, 0) is 31.2 Å². The third-order valence-electron chi connectivity index (χ3n) is 2.98. The van der Waals surface area contributed by atoms with E-state index in [0.717, 1.165) is 16.0 Å². The Kier molecular flexibility index (Phi) is 3.92. The molecule has 1 aromatic heterocycles. The molecule has 22 heavy (non-hydrogen) atoms. The van der Waals surface area contributed by atoms with Crippen LogP contribution in [0.25, 0.3) is 11.3 Å². The van der Waals surface area contributed by atoms with Gasteiger partial charge in [-0.1, -0.05) is 0 Å². The molecule has 0 aliphatic carbocycles. The van der Waals surface area contributed by atoms with E-state index in [1.165, 1.54) is 0 Å².